The van der Waals surface area contributed by atoms with Gasteiger partial charge in [0, 0.05) is 10.8 Å². The monoisotopic (exact) mass is 383 g/mol. The molecule has 0 aliphatic rings. The minimum absolute atomic E-state index is 0.0657. The highest BCUT2D eigenvalue weighted by Gasteiger charge is 2.13. The Morgan fingerprint density at radius 1 is 1.04 bits per heavy atom. The summed E-state index contributed by atoms with van der Waals surface area (Å²) < 4.78 is 10.7. The SMILES string of the molecule is COc1cccc(-c2ccc(OCC(=O)Nc3cscc3C(=O)O)cc2)c1. The Labute approximate surface area is 160 Å². The van der Waals surface area contributed by atoms with E-state index in [9.17, 15) is 9.59 Å². The molecule has 138 valence electrons. The van der Waals surface area contributed by atoms with Gasteiger partial charge in [-0.25, -0.2) is 4.79 Å². The van der Waals surface area contributed by atoms with E-state index in [0.717, 1.165) is 16.9 Å². The minimum atomic E-state index is -1.08. The second-order valence-corrected chi connectivity index (χ2v) is 6.34. The van der Waals surface area contributed by atoms with Gasteiger partial charge in [0.15, 0.2) is 6.61 Å². The summed E-state index contributed by atoms with van der Waals surface area (Å²) in [4.78, 5) is 23.0. The highest BCUT2D eigenvalue weighted by Crippen LogP contribution is 2.26. The van der Waals surface area contributed by atoms with E-state index in [1.54, 1.807) is 24.6 Å². The van der Waals surface area contributed by atoms with Crippen molar-refractivity contribution in [1.29, 1.82) is 0 Å². The predicted molar refractivity (Wildman–Crippen MR) is 104 cm³/mol. The number of benzene rings is 2. The molecule has 2 aromatic carbocycles. The van der Waals surface area contributed by atoms with E-state index in [1.165, 1.54) is 16.7 Å². The number of anilines is 1. The Morgan fingerprint density at radius 2 is 1.81 bits per heavy atom. The molecule has 1 amide bonds. The highest BCUT2D eigenvalue weighted by atomic mass is 32.1. The van der Waals surface area contributed by atoms with Crippen LogP contribution in [0.5, 0.6) is 11.5 Å². The van der Waals surface area contributed by atoms with E-state index in [1.807, 2.05) is 36.4 Å². The number of methoxy groups -OCH3 is 1. The van der Waals surface area contributed by atoms with Crippen molar-refractivity contribution in [1.82, 2.24) is 0 Å². The van der Waals surface area contributed by atoms with Crippen LogP contribution in [0, 0.1) is 0 Å². The molecule has 0 aliphatic carbocycles. The Balaban J connectivity index is 1.59. The lowest BCUT2D eigenvalue weighted by molar-refractivity contribution is -0.118. The number of carbonyl (C=O) groups excluding carboxylic acids is 1. The maximum Gasteiger partial charge on any atom is 0.338 e. The lowest BCUT2D eigenvalue weighted by Crippen LogP contribution is -2.21. The number of nitrogens with one attached hydrogen (secondary N) is 1. The maximum absolute atomic E-state index is 12.0. The standard InChI is InChI=1S/C20H17NO5S/c1-25-16-4-2-3-14(9-16)13-5-7-15(8-6-13)26-10-19(22)21-18-12-27-11-17(18)20(23)24/h2-9,11-12H,10H2,1H3,(H,21,22)(H,23,24). The first-order chi connectivity index (χ1) is 13.1. The van der Waals surface area contributed by atoms with Crippen LogP contribution in [0.4, 0.5) is 5.69 Å². The van der Waals surface area contributed by atoms with Crippen molar-refractivity contribution >= 4 is 28.9 Å². The topological polar surface area (TPSA) is 84.9 Å². The summed E-state index contributed by atoms with van der Waals surface area (Å²) in [6.45, 7) is -0.215. The van der Waals surface area contributed by atoms with Crippen LogP contribution in [0.2, 0.25) is 0 Å². The molecule has 0 bridgehead atoms. The second-order valence-electron chi connectivity index (χ2n) is 5.60. The fraction of sp³-hybridized carbons (Fsp3) is 0.100. The number of rotatable bonds is 7. The molecule has 3 aromatic rings. The summed E-state index contributed by atoms with van der Waals surface area (Å²) in [5.74, 6) is -0.187. The molecule has 1 aromatic heterocycles. The Morgan fingerprint density at radius 3 is 2.52 bits per heavy atom. The van der Waals surface area contributed by atoms with Crippen LogP contribution in [-0.2, 0) is 4.79 Å². The van der Waals surface area contributed by atoms with Gasteiger partial charge in [-0.2, -0.15) is 0 Å². The summed E-state index contributed by atoms with van der Waals surface area (Å²) in [6, 6.07) is 15.0. The van der Waals surface area contributed by atoms with Gasteiger partial charge in [-0.3, -0.25) is 4.79 Å². The van der Waals surface area contributed by atoms with Gasteiger partial charge in [0.05, 0.1) is 18.4 Å². The van der Waals surface area contributed by atoms with E-state index in [0.29, 0.717) is 5.75 Å². The number of carboxylic acids is 1. The normalized spacial score (nSPS) is 10.3. The van der Waals surface area contributed by atoms with Crippen LogP contribution >= 0.6 is 11.3 Å². The van der Waals surface area contributed by atoms with Gasteiger partial charge in [-0.05, 0) is 35.4 Å². The molecule has 0 unspecified atom stereocenters. The fourth-order valence-corrected chi connectivity index (χ4v) is 3.19. The van der Waals surface area contributed by atoms with Crippen LogP contribution in [-0.4, -0.2) is 30.7 Å². The molecule has 3 rings (SSSR count). The number of ether oxygens (including phenoxy) is 2. The summed E-state index contributed by atoms with van der Waals surface area (Å²) in [7, 11) is 1.62. The number of hydrogen-bond acceptors (Lipinski definition) is 5. The van der Waals surface area contributed by atoms with Gasteiger partial charge in [0.1, 0.15) is 11.5 Å². The van der Waals surface area contributed by atoms with Crippen molar-refractivity contribution < 1.29 is 24.2 Å². The minimum Gasteiger partial charge on any atom is -0.497 e. The molecule has 6 nitrogen and oxygen atoms in total. The Bertz CT molecular complexity index is 949. The summed E-state index contributed by atoms with van der Waals surface area (Å²) >= 11 is 1.21. The molecule has 0 spiro atoms. The first kappa shape index (κ1) is 18.5. The number of amides is 1. The summed E-state index contributed by atoms with van der Waals surface area (Å²) in [5, 5.41) is 14.6. The molecule has 0 atom stereocenters. The lowest BCUT2D eigenvalue weighted by atomic mass is 10.1. The lowest BCUT2D eigenvalue weighted by Gasteiger charge is -2.09. The molecule has 27 heavy (non-hydrogen) atoms. The largest absolute Gasteiger partial charge is 0.497 e. The molecule has 0 saturated heterocycles. The molecule has 0 aliphatic heterocycles. The zero-order valence-electron chi connectivity index (χ0n) is 14.5. The fourth-order valence-electron chi connectivity index (χ4n) is 2.44. The average molecular weight is 383 g/mol. The van der Waals surface area contributed by atoms with Crippen LogP contribution in [0.1, 0.15) is 10.4 Å². The van der Waals surface area contributed by atoms with Crippen LogP contribution < -0.4 is 14.8 Å². The van der Waals surface area contributed by atoms with E-state index >= 15 is 0 Å². The van der Waals surface area contributed by atoms with Gasteiger partial charge < -0.3 is 19.9 Å². The third-order valence-corrected chi connectivity index (χ3v) is 4.54. The van der Waals surface area contributed by atoms with E-state index < -0.39 is 11.9 Å². The summed E-state index contributed by atoms with van der Waals surface area (Å²) in [6.07, 6.45) is 0. The highest BCUT2D eigenvalue weighted by molar-refractivity contribution is 7.08. The molecular weight excluding hydrogens is 366 g/mol. The van der Waals surface area contributed by atoms with E-state index in [-0.39, 0.29) is 17.9 Å². The van der Waals surface area contributed by atoms with Crippen LogP contribution in [0.15, 0.2) is 59.3 Å². The number of carbonyl (C=O) groups is 2. The molecule has 2 N–H and O–H groups in total. The third-order valence-electron chi connectivity index (χ3n) is 3.79. The molecular formula is C20H17NO5S. The number of thiophene rings is 1. The van der Waals surface area contributed by atoms with Crippen LogP contribution in [0.25, 0.3) is 11.1 Å². The predicted octanol–water partition coefficient (Wildman–Crippen LogP) is 4.14. The van der Waals surface area contributed by atoms with Crippen molar-refractivity contribution in [3.8, 4) is 22.6 Å². The van der Waals surface area contributed by atoms with Crippen molar-refractivity contribution in [2.75, 3.05) is 19.0 Å². The van der Waals surface area contributed by atoms with Crippen molar-refractivity contribution in [3.63, 3.8) is 0 Å². The molecule has 0 radical (unpaired) electrons. The van der Waals surface area contributed by atoms with Crippen molar-refractivity contribution in [2.45, 2.75) is 0 Å². The van der Waals surface area contributed by atoms with Gasteiger partial charge in [0.2, 0.25) is 0 Å². The smallest absolute Gasteiger partial charge is 0.338 e. The summed E-state index contributed by atoms with van der Waals surface area (Å²) in [5.41, 5.74) is 2.35. The number of hydrogen-bond donors (Lipinski definition) is 2. The molecule has 0 fully saturated rings. The maximum atomic E-state index is 12.0. The average Bonchev–Trinajstić information content (AvgIpc) is 3.15. The van der Waals surface area contributed by atoms with Gasteiger partial charge >= 0.3 is 5.97 Å². The number of aromatic carboxylic acids is 1. The Hall–Kier alpha value is -3.32. The first-order valence-corrected chi connectivity index (χ1v) is 8.97. The third kappa shape index (κ3) is 4.65. The van der Waals surface area contributed by atoms with E-state index in [2.05, 4.69) is 5.32 Å². The molecule has 7 heteroatoms. The van der Waals surface area contributed by atoms with Crippen LogP contribution in [0.3, 0.4) is 0 Å². The molecule has 0 saturated carbocycles. The zero-order chi connectivity index (χ0) is 19.2. The number of carboxylic acid groups (broad SMARTS) is 1. The first-order valence-electron chi connectivity index (χ1n) is 8.03. The van der Waals surface area contributed by atoms with Gasteiger partial charge in [0.25, 0.3) is 5.91 Å². The zero-order valence-corrected chi connectivity index (χ0v) is 15.3. The van der Waals surface area contributed by atoms with Gasteiger partial charge in [-0.1, -0.05) is 24.3 Å². The van der Waals surface area contributed by atoms with Gasteiger partial charge in [-0.15, -0.1) is 11.3 Å². The second kappa shape index (κ2) is 8.37. The quantitative estimate of drug-likeness (QED) is 0.641. The molecule has 1 heterocycles. The van der Waals surface area contributed by atoms with Crippen molar-refractivity contribution in [3.05, 3.63) is 64.9 Å². The van der Waals surface area contributed by atoms with Crippen molar-refractivity contribution in [2.24, 2.45) is 0 Å². The Kier molecular flexibility index (Phi) is 5.73. The van der Waals surface area contributed by atoms with E-state index in [4.69, 9.17) is 14.6 Å².